The highest BCUT2D eigenvalue weighted by Gasteiger charge is 2.28. The molecule has 0 aromatic heterocycles. The van der Waals surface area contributed by atoms with Gasteiger partial charge in [0.15, 0.2) is 0 Å². The van der Waals surface area contributed by atoms with Gasteiger partial charge in [-0.1, -0.05) is 12.5 Å². The lowest BCUT2D eigenvalue weighted by Crippen LogP contribution is -2.45. The molecule has 0 aromatic rings. The number of carboxylic acids is 1. The molecule has 0 aliphatic heterocycles. The van der Waals surface area contributed by atoms with E-state index in [1.165, 1.54) is 0 Å². The van der Waals surface area contributed by atoms with Crippen molar-refractivity contribution in [2.24, 2.45) is 5.92 Å². The predicted molar refractivity (Wildman–Crippen MR) is 56.3 cm³/mol. The molecule has 84 valence electrons. The zero-order chi connectivity index (χ0) is 11.3. The number of nitrogens with one attached hydrogen (secondary N) is 1. The molecule has 4 nitrogen and oxygen atoms in total. The number of carboxylic acid groups (broad SMARTS) is 1. The Balaban J connectivity index is 2.38. The summed E-state index contributed by atoms with van der Waals surface area (Å²) >= 11 is 0. The van der Waals surface area contributed by atoms with E-state index < -0.39 is 12.0 Å². The molecule has 1 rings (SSSR count). The van der Waals surface area contributed by atoms with E-state index in [-0.39, 0.29) is 11.8 Å². The van der Waals surface area contributed by atoms with Gasteiger partial charge < -0.3 is 10.4 Å². The summed E-state index contributed by atoms with van der Waals surface area (Å²) in [4.78, 5) is 22.3. The second-order valence-electron chi connectivity index (χ2n) is 3.89. The number of allylic oxidation sites excluding steroid dienone is 1. The highest BCUT2D eigenvalue weighted by Crippen LogP contribution is 2.26. The average molecular weight is 211 g/mol. The maximum absolute atomic E-state index is 11.5. The van der Waals surface area contributed by atoms with Crippen molar-refractivity contribution < 1.29 is 14.7 Å². The molecule has 0 aromatic carbocycles. The summed E-state index contributed by atoms with van der Waals surface area (Å²) in [6, 6.07) is -0.768. The first kappa shape index (κ1) is 11.8. The van der Waals surface area contributed by atoms with Crippen LogP contribution in [0.3, 0.4) is 0 Å². The van der Waals surface area contributed by atoms with Crippen LogP contribution in [0.4, 0.5) is 0 Å². The molecule has 1 aliphatic rings. The van der Waals surface area contributed by atoms with Crippen molar-refractivity contribution in [3.63, 3.8) is 0 Å². The molecule has 1 unspecified atom stereocenters. The van der Waals surface area contributed by atoms with Crippen LogP contribution in [0.15, 0.2) is 12.7 Å². The standard InChI is InChI=1S/C11H17NO3/c1-2-3-7-9(11(14)15)12-10(13)8-5-4-6-8/h2,8-9H,1,3-7H2,(H,12,13)(H,14,15). The Hall–Kier alpha value is -1.32. The fourth-order valence-corrected chi connectivity index (χ4v) is 1.50. The quantitative estimate of drug-likeness (QED) is 0.651. The molecule has 1 atom stereocenters. The van der Waals surface area contributed by atoms with Gasteiger partial charge >= 0.3 is 5.97 Å². The van der Waals surface area contributed by atoms with Crippen LogP contribution >= 0.6 is 0 Å². The molecular formula is C11H17NO3. The van der Waals surface area contributed by atoms with Crippen LogP contribution in [0, 0.1) is 5.92 Å². The molecule has 2 N–H and O–H groups in total. The summed E-state index contributed by atoms with van der Waals surface area (Å²) in [5.41, 5.74) is 0. The van der Waals surface area contributed by atoms with Crippen LogP contribution in [0.5, 0.6) is 0 Å². The molecule has 1 fully saturated rings. The van der Waals surface area contributed by atoms with Gasteiger partial charge in [0.05, 0.1) is 0 Å². The van der Waals surface area contributed by atoms with Crippen molar-refractivity contribution >= 4 is 11.9 Å². The number of hydrogen-bond donors (Lipinski definition) is 2. The molecule has 0 saturated heterocycles. The third-order valence-electron chi connectivity index (χ3n) is 2.75. The van der Waals surface area contributed by atoms with Crippen LogP contribution in [-0.2, 0) is 9.59 Å². The summed E-state index contributed by atoms with van der Waals surface area (Å²) in [5, 5.41) is 11.4. The lowest BCUT2D eigenvalue weighted by Gasteiger charge is -2.25. The first-order valence-corrected chi connectivity index (χ1v) is 5.29. The van der Waals surface area contributed by atoms with Crippen LogP contribution in [0.2, 0.25) is 0 Å². The molecule has 1 amide bonds. The van der Waals surface area contributed by atoms with Gasteiger partial charge in [0.1, 0.15) is 6.04 Å². The van der Waals surface area contributed by atoms with Gasteiger partial charge in [-0.05, 0) is 25.7 Å². The van der Waals surface area contributed by atoms with Crippen LogP contribution < -0.4 is 5.32 Å². The number of aliphatic carboxylic acids is 1. The number of carbonyl (C=O) groups is 2. The van der Waals surface area contributed by atoms with E-state index in [1.807, 2.05) is 0 Å². The number of carbonyl (C=O) groups excluding carboxylic acids is 1. The Morgan fingerprint density at radius 2 is 2.20 bits per heavy atom. The molecule has 0 spiro atoms. The number of amides is 1. The number of rotatable bonds is 6. The Morgan fingerprint density at radius 1 is 1.53 bits per heavy atom. The van der Waals surface area contributed by atoms with E-state index in [9.17, 15) is 9.59 Å². The average Bonchev–Trinajstić information content (AvgIpc) is 2.08. The van der Waals surface area contributed by atoms with Gasteiger partial charge in [-0.25, -0.2) is 4.79 Å². The van der Waals surface area contributed by atoms with E-state index in [4.69, 9.17) is 5.11 Å². The first-order chi connectivity index (χ1) is 7.15. The molecule has 0 heterocycles. The smallest absolute Gasteiger partial charge is 0.326 e. The Morgan fingerprint density at radius 3 is 2.60 bits per heavy atom. The van der Waals surface area contributed by atoms with Crippen molar-refractivity contribution in [2.75, 3.05) is 0 Å². The van der Waals surface area contributed by atoms with E-state index >= 15 is 0 Å². The molecular weight excluding hydrogens is 194 g/mol. The summed E-state index contributed by atoms with van der Waals surface area (Å²) in [6.45, 7) is 3.53. The monoisotopic (exact) mass is 211 g/mol. The molecule has 0 bridgehead atoms. The summed E-state index contributed by atoms with van der Waals surface area (Å²) in [6.07, 6.45) is 5.52. The summed E-state index contributed by atoms with van der Waals surface area (Å²) < 4.78 is 0. The van der Waals surface area contributed by atoms with Crippen molar-refractivity contribution in [1.82, 2.24) is 5.32 Å². The lowest BCUT2D eigenvalue weighted by molar-refractivity contribution is -0.143. The summed E-state index contributed by atoms with van der Waals surface area (Å²) in [5.74, 6) is -1.04. The fraction of sp³-hybridized carbons (Fsp3) is 0.636. The minimum Gasteiger partial charge on any atom is -0.480 e. The second kappa shape index (κ2) is 5.53. The van der Waals surface area contributed by atoms with Gasteiger partial charge in [0.25, 0.3) is 0 Å². The highest BCUT2D eigenvalue weighted by atomic mass is 16.4. The predicted octanol–water partition coefficient (Wildman–Crippen LogP) is 1.32. The zero-order valence-corrected chi connectivity index (χ0v) is 8.74. The summed E-state index contributed by atoms with van der Waals surface area (Å²) in [7, 11) is 0. The van der Waals surface area contributed by atoms with Gasteiger partial charge in [-0.2, -0.15) is 0 Å². The van der Waals surface area contributed by atoms with E-state index in [2.05, 4.69) is 11.9 Å². The van der Waals surface area contributed by atoms with Crippen molar-refractivity contribution in [3.8, 4) is 0 Å². The second-order valence-corrected chi connectivity index (χ2v) is 3.89. The minimum atomic E-state index is -0.968. The Labute approximate surface area is 89.4 Å². The van der Waals surface area contributed by atoms with Crippen LogP contribution in [-0.4, -0.2) is 23.0 Å². The largest absolute Gasteiger partial charge is 0.480 e. The van der Waals surface area contributed by atoms with Gasteiger partial charge in [-0.3, -0.25) is 4.79 Å². The topological polar surface area (TPSA) is 66.4 Å². The first-order valence-electron chi connectivity index (χ1n) is 5.29. The molecule has 1 aliphatic carbocycles. The SMILES string of the molecule is C=CCCC(NC(=O)C1CCC1)C(=O)O. The third kappa shape index (κ3) is 3.38. The third-order valence-corrected chi connectivity index (χ3v) is 2.75. The maximum atomic E-state index is 11.5. The normalized spacial score (nSPS) is 17.6. The minimum absolute atomic E-state index is 0.0376. The zero-order valence-electron chi connectivity index (χ0n) is 8.74. The van der Waals surface area contributed by atoms with Crippen molar-refractivity contribution in [2.45, 2.75) is 38.1 Å². The highest BCUT2D eigenvalue weighted by molar-refractivity contribution is 5.85. The van der Waals surface area contributed by atoms with Crippen molar-refractivity contribution in [1.29, 1.82) is 0 Å². The van der Waals surface area contributed by atoms with E-state index in [1.54, 1.807) is 6.08 Å². The van der Waals surface area contributed by atoms with Crippen LogP contribution in [0.1, 0.15) is 32.1 Å². The Kier molecular flexibility index (Phi) is 4.34. The fourth-order valence-electron chi connectivity index (χ4n) is 1.50. The van der Waals surface area contributed by atoms with E-state index in [0.29, 0.717) is 12.8 Å². The Bertz CT molecular complexity index is 259. The molecule has 15 heavy (non-hydrogen) atoms. The van der Waals surface area contributed by atoms with Gasteiger partial charge in [-0.15, -0.1) is 6.58 Å². The van der Waals surface area contributed by atoms with Crippen molar-refractivity contribution in [3.05, 3.63) is 12.7 Å². The van der Waals surface area contributed by atoms with E-state index in [0.717, 1.165) is 19.3 Å². The lowest BCUT2D eigenvalue weighted by atomic mass is 9.84. The molecule has 0 radical (unpaired) electrons. The maximum Gasteiger partial charge on any atom is 0.326 e. The molecule has 1 saturated carbocycles. The van der Waals surface area contributed by atoms with Gasteiger partial charge in [0, 0.05) is 5.92 Å². The molecule has 4 heteroatoms. The van der Waals surface area contributed by atoms with Gasteiger partial charge in [0.2, 0.25) is 5.91 Å². The van der Waals surface area contributed by atoms with Crippen LogP contribution in [0.25, 0.3) is 0 Å². The number of hydrogen-bond acceptors (Lipinski definition) is 2.